The second-order valence-electron chi connectivity index (χ2n) is 6.34. The molecule has 1 atom stereocenters. The average molecular weight is 347 g/mol. The Balaban J connectivity index is 1.77. The first-order chi connectivity index (χ1) is 11.6. The molecule has 128 valence electrons. The van der Waals surface area contributed by atoms with E-state index in [1.165, 1.54) is 12.8 Å². The van der Waals surface area contributed by atoms with Crippen LogP contribution in [0.3, 0.4) is 0 Å². The first kappa shape index (κ1) is 17.0. The normalized spacial score (nSPS) is 16.2. The van der Waals surface area contributed by atoms with Gasteiger partial charge in [-0.2, -0.15) is 5.10 Å². The van der Waals surface area contributed by atoms with E-state index in [2.05, 4.69) is 22.0 Å². The van der Waals surface area contributed by atoms with Gasteiger partial charge in [0.25, 0.3) is 5.91 Å². The number of hydrogen-bond donors (Lipinski definition) is 1. The third kappa shape index (κ3) is 3.97. The van der Waals surface area contributed by atoms with Crippen LogP contribution in [0.4, 0.5) is 0 Å². The van der Waals surface area contributed by atoms with E-state index in [-0.39, 0.29) is 5.91 Å². The topological polar surface area (TPSA) is 52.2 Å². The molecule has 0 aliphatic carbocycles. The largest absolute Gasteiger partial charge is 0.331 e. The third-order valence-corrected chi connectivity index (χ3v) is 4.95. The van der Waals surface area contributed by atoms with E-state index >= 15 is 0 Å². The lowest BCUT2D eigenvalue weighted by Gasteiger charge is -2.31. The Labute approximate surface area is 147 Å². The van der Waals surface area contributed by atoms with Gasteiger partial charge in [-0.25, -0.2) is 0 Å². The van der Waals surface area contributed by atoms with Gasteiger partial charge in [-0.3, -0.25) is 14.8 Å². The second kappa shape index (κ2) is 7.81. The van der Waals surface area contributed by atoms with Crippen LogP contribution in [-0.4, -0.2) is 51.6 Å². The summed E-state index contributed by atoms with van der Waals surface area (Å²) in [6, 6.07) is 9.71. The summed E-state index contributed by atoms with van der Waals surface area (Å²) in [4.78, 5) is 17.2. The van der Waals surface area contributed by atoms with Crippen LogP contribution in [0.5, 0.6) is 0 Å². The molecule has 2 heterocycles. The number of aromatic amines is 1. The summed E-state index contributed by atoms with van der Waals surface area (Å²) in [6.07, 6.45) is 4.08. The van der Waals surface area contributed by atoms with E-state index in [1.807, 2.05) is 29.2 Å². The van der Waals surface area contributed by atoms with Crippen LogP contribution < -0.4 is 0 Å². The summed E-state index contributed by atoms with van der Waals surface area (Å²) >= 11 is 6.29. The molecule has 1 aliphatic heterocycles. The van der Waals surface area contributed by atoms with Crippen LogP contribution >= 0.6 is 11.6 Å². The zero-order chi connectivity index (χ0) is 16.9. The van der Waals surface area contributed by atoms with Gasteiger partial charge in [0.2, 0.25) is 0 Å². The maximum Gasteiger partial charge on any atom is 0.272 e. The molecule has 1 saturated heterocycles. The number of hydrogen-bond acceptors (Lipinski definition) is 3. The lowest BCUT2D eigenvalue weighted by atomic mass is 10.1. The molecule has 2 aromatic rings. The van der Waals surface area contributed by atoms with Crippen LogP contribution in [0.15, 0.2) is 36.5 Å². The van der Waals surface area contributed by atoms with Crippen LogP contribution in [0, 0.1) is 0 Å². The number of nitrogens with zero attached hydrogens (tertiary/aromatic N) is 3. The molecule has 1 unspecified atom stereocenters. The predicted molar refractivity (Wildman–Crippen MR) is 95.0 cm³/mol. The van der Waals surface area contributed by atoms with Crippen molar-refractivity contribution >= 4 is 17.5 Å². The van der Waals surface area contributed by atoms with E-state index in [1.54, 1.807) is 12.3 Å². The average Bonchev–Trinajstić information content (AvgIpc) is 3.29. The monoisotopic (exact) mass is 346 g/mol. The predicted octanol–water partition coefficient (Wildman–Crippen LogP) is 3.19. The van der Waals surface area contributed by atoms with Crippen molar-refractivity contribution in [2.45, 2.75) is 32.4 Å². The number of nitrogens with one attached hydrogen (secondary N) is 1. The van der Waals surface area contributed by atoms with E-state index in [0.717, 1.165) is 18.7 Å². The molecule has 5 nitrogen and oxygen atoms in total. The highest BCUT2D eigenvalue weighted by atomic mass is 35.5. The van der Waals surface area contributed by atoms with E-state index in [4.69, 9.17) is 11.6 Å². The van der Waals surface area contributed by atoms with Crippen molar-refractivity contribution in [3.8, 4) is 0 Å². The van der Waals surface area contributed by atoms with Gasteiger partial charge in [-0.1, -0.05) is 29.8 Å². The van der Waals surface area contributed by atoms with E-state index < -0.39 is 0 Å². The van der Waals surface area contributed by atoms with Gasteiger partial charge in [0.05, 0.1) is 0 Å². The Morgan fingerprint density at radius 3 is 2.75 bits per heavy atom. The van der Waals surface area contributed by atoms with Gasteiger partial charge in [0.1, 0.15) is 5.69 Å². The molecule has 6 heteroatoms. The smallest absolute Gasteiger partial charge is 0.272 e. The maximum atomic E-state index is 12.9. The standard InChI is InChI=1S/C18H23ClN4O/c1-14(22-10-4-5-11-22)12-23(18(24)17-8-9-20-21-17)13-15-6-2-3-7-16(15)19/h2-3,6-9,14H,4-5,10-13H2,1H3,(H,20,21). The zero-order valence-electron chi connectivity index (χ0n) is 13.9. The van der Waals surface area contributed by atoms with Crippen LogP contribution in [-0.2, 0) is 6.54 Å². The molecule has 1 aliphatic rings. The zero-order valence-corrected chi connectivity index (χ0v) is 14.7. The minimum Gasteiger partial charge on any atom is -0.331 e. The molecule has 0 saturated carbocycles. The molecule has 24 heavy (non-hydrogen) atoms. The summed E-state index contributed by atoms with van der Waals surface area (Å²) < 4.78 is 0. The number of halogens is 1. The van der Waals surface area contributed by atoms with Gasteiger partial charge in [-0.15, -0.1) is 0 Å². The Bertz CT molecular complexity index is 667. The first-order valence-electron chi connectivity index (χ1n) is 8.41. The summed E-state index contributed by atoms with van der Waals surface area (Å²) in [7, 11) is 0. The number of rotatable bonds is 6. The van der Waals surface area contributed by atoms with Gasteiger partial charge >= 0.3 is 0 Å². The summed E-state index contributed by atoms with van der Waals surface area (Å²) in [5, 5.41) is 7.36. The van der Waals surface area contributed by atoms with Gasteiger partial charge in [-0.05, 0) is 50.6 Å². The summed E-state index contributed by atoms with van der Waals surface area (Å²) in [5.41, 5.74) is 1.47. The van der Waals surface area contributed by atoms with Crippen molar-refractivity contribution in [2.75, 3.05) is 19.6 Å². The van der Waals surface area contributed by atoms with Crippen molar-refractivity contribution in [2.24, 2.45) is 0 Å². The molecular weight excluding hydrogens is 324 g/mol. The van der Waals surface area contributed by atoms with Crippen molar-refractivity contribution in [3.63, 3.8) is 0 Å². The summed E-state index contributed by atoms with van der Waals surface area (Å²) in [6.45, 7) is 5.57. The maximum absolute atomic E-state index is 12.9. The van der Waals surface area contributed by atoms with E-state index in [9.17, 15) is 4.79 Å². The molecule has 1 N–H and O–H groups in total. The number of likely N-dealkylation sites (tertiary alicyclic amines) is 1. The minimum absolute atomic E-state index is 0.0431. The third-order valence-electron chi connectivity index (χ3n) is 4.59. The Hall–Kier alpha value is -1.85. The number of carbonyl (C=O) groups excluding carboxylic acids is 1. The molecule has 1 fully saturated rings. The number of H-pyrrole nitrogens is 1. The number of benzene rings is 1. The lowest BCUT2D eigenvalue weighted by molar-refractivity contribution is 0.0682. The van der Waals surface area contributed by atoms with Gasteiger partial charge in [0.15, 0.2) is 0 Å². The van der Waals surface area contributed by atoms with E-state index in [0.29, 0.717) is 29.8 Å². The van der Waals surface area contributed by atoms with Crippen LogP contribution in [0.25, 0.3) is 0 Å². The number of aromatic nitrogens is 2. The van der Waals surface area contributed by atoms with Crippen LogP contribution in [0.1, 0.15) is 35.8 Å². The van der Waals surface area contributed by atoms with Crippen molar-refractivity contribution in [1.29, 1.82) is 0 Å². The van der Waals surface area contributed by atoms with Gasteiger partial charge in [0, 0.05) is 30.4 Å². The fourth-order valence-electron chi connectivity index (χ4n) is 3.21. The quantitative estimate of drug-likeness (QED) is 0.874. The van der Waals surface area contributed by atoms with Crippen molar-refractivity contribution < 1.29 is 4.79 Å². The molecule has 1 aromatic carbocycles. The summed E-state index contributed by atoms with van der Waals surface area (Å²) in [5.74, 6) is -0.0431. The van der Waals surface area contributed by atoms with Crippen molar-refractivity contribution in [3.05, 3.63) is 52.8 Å². The molecule has 0 spiro atoms. The van der Waals surface area contributed by atoms with Crippen LogP contribution in [0.2, 0.25) is 5.02 Å². The fourth-order valence-corrected chi connectivity index (χ4v) is 3.41. The lowest BCUT2D eigenvalue weighted by Crippen LogP contribution is -2.43. The molecule has 0 radical (unpaired) electrons. The molecule has 0 bridgehead atoms. The Morgan fingerprint density at radius 1 is 1.33 bits per heavy atom. The Morgan fingerprint density at radius 2 is 2.08 bits per heavy atom. The fraction of sp³-hybridized carbons (Fsp3) is 0.444. The SMILES string of the molecule is CC(CN(Cc1ccccc1Cl)C(=O)c1ccn[nH]1)N1CCCC1. The van der Waals surface area contributed by atoms with Gasteiger partial charge < -0.3 is 4.90 Å². The number of amides is 1. The second-order valence-corrected chi connectivity index (χ2v) is 6.75. The highest BCUT2D eigenvalue weighted by Gasteiger charge is 2.24. The number of carbonyl (C=O) groups is 1. The first-order valence-corrected chi connectivity index (χ1v) is 8.79. The molecular formula is C18H23ClN4O. The van der Waals surface area contributed by atoms with Crippen molar-refractivity contribution in [1.82, 2.24) is 20.0 Å². The Kier molecular flexibility index (Phi) is 5.53. The highest BCUT2D eigenvalue weighted by molar-refractivity contribution is 6.31. The minimum atomic E-state index is -0.0431. The molecule has 1 amide bonds. The molecule has 3 rings (SSSR count). The molecule has 1 aromatic heterocycles. The highest BCUT2D eigenvalue weighted by Crippen LogP contribution is 2.20.